The number of rotatable bonds is 7. The van der Waals surface area contributed by atoms with Crippen LogP contribution in [0.2, 0.25) is 0 Å². The van der Waals surface area contributed by atoms with Gasteiger partial charge in [0.2, 0.25) is 10.0 Å². The molecule has 0 aliphatic carbocycles. The van der Waals surface area contributed by atoms with E-state index in [2.05, 4.69) is 10.9 Å². The van der Waals surface area contributed by atoms with Crippen LogP contribution >= 0.6 is 0 Å². The number of ether oxygens (including phenoxy) is 1. The Kier molecular flexibility index (Phi) is 6.50. The molecule has 3 atom stereocenters. The summed E-state index contributed by atoms with van der Waals surface area (Å²) in [5, 5.41) is -1.14. The third kappa shape index (κ3) is 4.35. The second kappa shape index (κ2) is 8.22. The molecule has 3 unspecified atom stereocenters. The molecular weight excluding hydrogens is 349 g/mol. The zero-order valence-electron chi connectivity index (χ0n) is 14.5. The Bertz CT molecular complexity index is 713. The van der Waals surface area contributed by atoms with Crippen molar-refractivity contribution in [3.63, 3.8) is 0 Å². The first kappa shape index (κ1) is 19.8. The van der Waals surface area contributed by atoms with Crippen molar-refractivity contribution in [2.75, 3.05) is 13.2 Å². The molecule has 1 aromatic carbocycles. The van der Waals surface area contributed by atoms with E-state index in [1.807, 2.05) is 0 Å². The van der Waals surface area contributed by atoms with Crippen molar-refractivity contribution < 1.29 is 22.3 Å². The zero-order chi connectivity index (χ0) is 18.6. The fraction of sp³-hybridized carbons (Fsp3) is 0.562. The highest BCUT2D eigenvalue weighted by atomic mass is 32.2. The van der Waals surface area contributed by atoms with Crippen molar-refractivity contribution >= 4 is 16.0 Å². The molecule has 1 aromatic rings. The minimum Gasteiger partial charge on any atom is -0.466 e. The van der Waals surface area contributed by atoms with Crippen molar-refractivity contribution in [2.45, 2.75) is 38.7 Å². The fourth-order valence-electron chi connectivity index (χ4n) is 2.86. The Hall–Kier alpha value is -1.55. The van der Waals surface area contributed by atoms with Crippen LogP contribution in [0.1, 0.15) is 26.3 Å². The van der Waals surface area contributed by atoms with E-state index < -0.39 is 39.1 Å². The van der Waals surface area contributed by atoms with Gasteiger partial charge < -0.3 is 4.74 Å². The second-order valence-corrected chi connectivity index (χ2v) is 7.93. The molecule has 1 heterocycles. The van der Waals surface area contributed by atoms with E-state index in [0.29, 0.717) is 5.56 Å². The molecule has 2 rings (SSSR count). The summed E-state index contributed by atoms with van der Waals surface area (Å²) in [6.45, 7) is 5.48. The van der Waals surface area contributed by atoms with Gasteiger partial charge in [0.05, 0.1) is 6.61 Å². The number of benzene rings is 1. The molecular formula is C16H24FN3O4S. The molecule has 9 heteroatoms. The monoisotopic (exact) mass is 373 g/mol. The number of hydrogen-bond acceptors (Lipinski definition) is 6. The van der Waals surface area contributed by atoms with E-state index in [9.17, 15) is 17.6 Å². The molecule has 0 saturated carbocycles. The molecule has 2 N–H and O–H groups in total. The minimum absolute atomic E-state index is 0.0265. The van der Waals surface area contributed by atoms with Gasteiger partial charge in [-0.2, -0.15) is 4.31 Å². The summed E-state index contributed by atoms with van der Waals surface area (Å²) in [6.07, 6.45) is 0. The molecule has 1 aliphatic heterocycles. The van der Waals surface area contributed by atoms with Gasteiger partial charge in [0.1, 0.15) is 11.7 Å². The van der Waals surface area contributed by atoms with Crippen LogP contribution in [0.4, 0.5) is 4.39 Å². The summed E-state index contributed by atoms with van der Waals surface area (Å²) in [5.74, 6) is -1.86. The number of sulfonamides is 1. The molecule has 0 bridgehead atoms. The lowest BCUT2D eigenvalue weighted by Gasteiger charge is -2.27. The normalized spacial score (nSPS) is 23.8. The largest absolute Gasteiger partial charge is 0.466 e. The second-order valence-electron chi connectivity index (χ2n) is 5.88. The highest BCUT2D eigenvalue weighted by Crippen LogP contribution is 2.25. The van der Waals surface area contributed by atoms with Crippen LogP contribution in [0.3, 0.4) is 0 Å². The van der Waals surface area contributed by atoms with Crippen molar-refractivity contribution in [1.29, 1.82) is 0 Å². The highest BCUT2D eigenvalue weighted by Gasteiger charge is 2.48. The van der Waals surface area contributed by atoms with Gasteiger partial charge in [0, 0.05) is 19.1 Å². The van der Waals surface area contributed by atoms with Crippen LogP contribution in [0.15, 0.2) is 24.3 Å². The van der Waals surface area contributed by atoms with Crippen molar-refractivity contribution in [1.82, 2.24) is 15.2 Å². The zero-order valence-corrected chi connectivity index (χ0v) is 15.3. The van der Waals surface area contributed by atoms with E-state index in [1.54, 1.807) is 26.8 Å². The van der Waals surface area contributed by atoms with Gasteiger partial charge in [-0.15, -0.1) is 0 Å². The summed E-state index contributed by atoms with van der Waals surface area (Å²) in [4.78, 5) is 12.2. The van der Waals surface area contributed by atoms with Crippen molar-refractivity contribution in [2.24, 2.45) is 5.92 Å². The van der Waals surface area contributed by atoms with Gasteiger partial charge in [-0.25, -0.2) is 18.2 Å². The number of halogens is 1. The number of nitrogens with zero attached hydrogens (tertiary/aromatic N) is 1. The molecule has 1 saturated heterocycles. The topological polar surface area (TPSA) is 87.7 Å². The SMILES string of the molecule is CCOC(=O)C1C(C)NNC1S(=O)(=O)N(CC)Cc1cccc(F)c1. The molecule has 1 fully saturated rings. The minimum atomic E-state index is -3.87. The van der Waals surface area contributed by atoms with Gasteiger partial charge in [-0.3, -0.25) is 10.2 Å². The number of carbonyl (C=O) groups is 1. The maximum absolute atomic E-state index is 13.4. The van der Waals surface area contributed by atoms with E-state index in [0.717, 1.165) is 0 Å². The van der Waals surface area contributed by atoms with Gasteiger partial charge in [0.15, 0.2) is 5.37 Å². The molecule has 140 valence electrons. The first-order valence-electron chi connectivity index (χ1n) is 8.22. The molecule has 0 radical (unpaired) electrons. The number of hydrazine groups is 1. The Morgan fingerprint density at radius 3 is 2.64 bits per heavy atom. The van der Waals surface area contributed by atoms with E-state index in [-0.39, 0.29) is 19.7 Å². The van der Waals surface area contributed by atoms with E-state index in [1.165, 1.54) is 22.5 Å². The lowest BCUT2D eigenvalue weighted by molar-refractivity contribution is -0.148. The summed E-state index contributed by atoms with van der Waals surface area (Å²) >= 11 is 0. The molecule has 25 heavy (non-hydrogen) atoms. The number of hydrogen-bond donors (Lipinski definition) is 2. The molecule has 1 aliphatic rings. The van der Waals surface area contributed by atoms with Gasteiger partial charge in [-0.05, 0) is 31.5 Å². The smallest absolute Gasteiger partial charge is 0.313 e. The molecule has 0 spiro atoms. The van der Waals surface area contributed by atoms with Crippen LogP contribution in [0, 0.1) is 11.7 Å². The predicted molar refractivity (Wildman–Crippen MR) is 91.0 cm³/mol. The van der Waals surface area contributed by atoms with Gasteiger partial charge in [0.25, 0.3) is 0 Å². The average molecular weight is 373 g/mol. The third-order valence-corrected chi connectivity index (χ3v) is 6.32. The lowest BCUT2D eigenvalue weighted by atomic mass is 10.0. The first-order chi connectivity index (χ1) is 11.8. The number of nitrogens with one attached hydrogen (secondary N) is 2. The number of esters is 1. The van der Waals surface area contributed by atoms with Crippen molar-refractivity contribution in [3.05, 3.63) is 35.6 Å². The average Bonchev–Trinajstić information content (AvgIpc) is 2.95. The summed E-state index contributed by atoms with van der Waals surface area (Å²) in [6, 6.07) is 5.39. The number of carbonyl (C=O) groups excluding carboxylic acids is 1. The van der Waals surface area contributed by atoms with Gasteiger partial charge >= 0.3 is 5.97 Å². The Morgan fingerprint density at radius 2 is 2.04 bits per heavy atom. The quantitative estimate of drug-likeness (QED) is 0.693. The summed E-state index contributed by atoms with van der Waals surface area (Å²) in [7, 11) is -3.87. The maximum Gasteiger partial charge on any atom is 0.313 e. The van der Waals surface area contributed by atoms with Crippen LogP contribution in [-0.4, -0.2) is 43.3 Å². The van der Waals surface area contributed by atoms with Crippen molar-refractivity contribution in [3.8, 4) is 0 Å². The summed E-state index contributed by atoms with van der Waals surface area (Å²) < 4.78 is 45.7. The van der Waals surface area contributed by atoms with E-state index in [4.69, 9.17) is 4.74 Å². The predicted octanol–water partition coefficient (Wildman–Crippen LogP) is 0.979. The van der Waals surface area contributed by atoms with Gasteiger partial charge in [-0.1, -0.05) is 19.1 Å². The van der Waals surface area contributed by atoms with Crippen LogP contribution in [0.5, 0.6) is 0 Å². The standard InChI is InChI=1S/C16H24FN3O4S/c1-4-20(10-12-7-6-8-13(17)9-12)25(22,23)15-14(11(3)18-19-15)16(21)24-5-2/h6-9,11,14-15,18-19H,4-5,10H2,1-3H3. The lowest BCUT2D eigenvalue weighted by Crippen LogP contribution is -2.48. The Labute approximate surface area is 147 Å². The molecule has 0 amide bonds. The van der Waals surface area contributed by atoms with E-state index >= 15 is 0 Å². The molecule has 0 aromatic heterocycles. The fourth-order valence-corrected chi connectivity index (χ4v) is 4.81. The third-order valence-electron chi connectivity index (χ3n) is 4.16. The highest BCUT2D eigenvalue weighted by molar-refractivity contribution is 7.89. The van der Waals surface area contributed by atoms with Crippen LogP contribution in [0.25, 0.3) is 0 Å². The Morgan fingerprint density at radius 1 is 1.32 bits per heavy atom. The van der Waals surface area contributed by atoms with Crippen LogP contribution in [-0.2, 0) is 26.1 Å². The maximum atomic E-state index is 13.4. The van der Waals surface area contributed by atoms with Crippen LogP contribution < -0.4 is 10.9 Å². The molecule has 7 nitrogen and oxygen atoms in total. The summed E-state index contributed by atoms with van der Waals surface area (Å²) in [5.41, 5.74) is 6.03. The Balaban J connectivity index is 2.26. The first-order valence-corrected chi connectivity index (χ1v) is 9.72.